The first-order chi connectivity index (χ1) is 12.3. The summed E-state index contributed by atoms with van der Waals surface area (Å²) in [5.41, 5.74) is -0.112. The van der Waals surface area contributed by atoms with Crippen molar-refractivity contribution in [2.75, 3.05) is 0 Å². The third-order valence-electron chi connectivity index (χ3n) is 3.17. The molecule has 2 aromatic carbocycles. The Hall–Kier alpha value is -3.33. The molecule has 0 aliphatic rings. The number of esters is 1. The number of rotatable bonds is 6. The molecule has 0 saturated carbocycles. The number of carbonyl (C=O) groups is 2. The van der Waals surface area contributed by atoms with Crippen LogP contribution >= 0.6 is 0 Å². The fourth-order valence-electron chi connectivity index (χ4n) is 2.08. The van der Waals surface area contributed by atoms with Crippen molar-refractivity contribution >= 4 is 27.1 Å². The van der Waals surface area contributed by atoms with E-state index in [1.807, 2.05) is 0 Å². The van der Waals surface area contributed by atoms with Gasteiger partial charge in [0.15, 0.2) is 4.86 Å². The lowest BCUT2D eigenvalue weighted by Crippen LogP contribution is -2.33. The molecule has 2 rings (SSSR count). The van der Waals surface area contributed by atoms with Crippen LogP contribution in [0.5, 0.6) is 11.5 Å². The molecule has 0 bridgehead atoms. The van der Waals surface area contributed by atoms with Crippen LogP contribution in [0.4, 0.5) is 0 Å². The molecule has 136 valence electrons. The van der Waals surface area contributed by atoms with Gasteiger partial charge in [-0.1, -0.05) is 30.3 Å². The predicted octanol–water partition coefficient (Wildman–Crippen LogP) is 1.46. The number of aromatic hydroxyl groups is 1. The van der Waals surface area contributed by atoms with Gasteiger partial charge in [0.05, 0.1) is 0 Å². The molecule has 1 unspecified atom stereocenters. The van der Waals surface area contributed by atoms with Crippen LogP contribution in [0.1, 0.15) is 22.8 Å². The zero-order valence-corrected chi connectivity index (χ0v) is 14.3. The van der Waals surface area contributed by atoms with E-state index in [0.29, 0.717) is 0 Å². The van der Waals surface area contributed by atoms with Crippen molar-refractivity contribution in [3.05, 3.63) is 59.7 Å². The maximum atomic E-state index is 11.7. The van der Waals surface area contributed by atoms with E-state index in [9.17, 15) is 23.1 Å². The Morgan fingerprint density at radius 2 is 1.73 bits per heavy atom. The summed E-state index contributed by atoms with van der Waals surface area (Å²) < 4.78 is 33.7. The van der Waals surface area contributed by atoms with Crippen molar-refractivity contribution in [2.45, 2.75) is 13.2 Å². The number of aromatic carboxylic acids is 1. The van der Waals surface area contributed by atoms with E-state index in [1.54, 1.807) is 18.2 Å². The fourth-order valence-corrected chi connectivity index (χ4v) is 2.67. The summed E-state index contributed by atoms with van der Waals surface area (Å²) >= 11 is 0. The lowest BCUT2D eigenvalue weighted by atomic mass is 10.1. The molecule has 0 saturated heterocycles. The Morgan fingerprint density at radius 3 is 2.23 bits per heavy atom. The van der Waals surface area contributed by atoms with Gasteiger partial charge in [0.1, 0.15) is 17.1 Å². The zero-order chi connectivity index (χ0) is 19.3. The van der Waals surface area contributed by atoms with Gasteiger partial charge in [0.25, 0.3) is 6.29 Å². The van der Waals surface area contributed by atoms with Gasteiger partial charge < -0.3 is 19.7 Å². The van der Waals surface area contributed by atoms with E-state index < -0.39 is 34.3 Å². The number of hydrogen-bond acceptors (Lipinski definition) is 7. The van der Waals surface area contributed by atoms with E-state index in [2.05, 4.69) is 0 Å². The molecule has 9 heteroatoms. The van der Waals surface area contributed by atoms with E-state index in [4.69, 9.17) is 14.6 Å². The van der Waals surface area contributed by atoms with Gasteiger partial charge in [-0.25, -0.2) is 4.79 Å². The number of phenols is 1. The molecule has 0 amide bonds. The average Bonchev–Trinajstić information content (AvgIpc) is 2.54. The summed E-state index contributed by atoms with van der Waals surface area (Å²) in [6.45, 7) is 1.08. The quantitative estimate of drug-likeness (QED) is 0.335. The van der Waals surface area contributed by atoms with E-state index in [0.717, 1.165) is 19.1 Å². The highest BCUT2D eigenvalue weighted by atomic mass is 32.2. The molecule has 0 aliphatic carbocycles. The highest BCUT2D eigenvalue weighted by molar-refractivity contribution is 7.73. The third-order valence-corrected chi connectivity index (χ3v) is 3.95. The summed E-state index contributed by atoms with van der Waals surface area (Å²) in [5.74, 6) is -2.80. The highest BCUT2D eigenvalue weighted by Crippen LogP contribution is 2.25. The van der Waals surface area contributed by atoms with E-state index in [1.165, 1.54) is 18.2 Å². The van der Waals surface area contributed by atoms with Gasteiger partial charge in [-0.2, -0.15) is 8.42 Å². The van der Waals surface area contributed by atoms with Gasteiger partial charge in [0.2, 0.25) is 10.3 Å². The fraction of sp³-hybridized carbons (Fsp3) is 0.118. The van der Waals surface area contributed by atoms with Gasteiger partial charge in [-0.3, -0.25) is 4.79 Å². The van der Waals surface area contributed by atoms with Crippen LogP contribution < -0.4 is 4.74 Å². The van der Waals surface area contributed by atoms with E-state index in [-0.39, 0.29) is 21.7 Å². The normalized spacial score (nSPS) is 11.3. The molecule has 26 heavy (non-hydrogen) atoms. The summed E-state index contributed by atoms with van der Waals surface area (Å²) in [6.07, 6.45) is -1.62. The minimum absolute atomic E-state index is 0.0855. The van der Waals surface area contributed by atoms with Crippen LogP contribution in [0.3, 0.4) is 0 Å². The molecule has 0 fully saturated rings. The maximum Gasteiger partial charge on any atom is 0.339 e. The Balaban J connectivity index is 2.45. The number of ether oxygens (including phenoxy) is 2. The Morgan fingerprint density at radius 1 is 1.08 bits per heavy atom. The molecule has 0 aromatic heterocycles. The zero-order valence-electron chi connectivity index (χ0n) is 13.4. The number of benzene rings is 2. The van der Waals surface area contributed by atoms with Crippen molar-refractivity contribution in [1.29, 1.82) is 0 Å². The summed E-state index contributed by atoms with van der Waals surface area (Å²) in [5, 5.41) is 18.6. The van der Waals surface area contributed by atoms with Crippen molar-refractivity contribution in [1.82, 2.24) is 0 Å². The molecule has 8 nitrogen and oxygen atoms in total. The molecule has 1 atom stereocenters. The molecule has 0 spiro atoms. The largest absolute Gasteiger partial charge is 0.507 e. The summed E-state index contributed by atoms with van der Waals surface area (Å²) in [4.78, 5) is 22.0. The maximum absolute atomic E-state index is 11.7. The van der Waals surface area contributed by atoms with Crippen molar-refractivity contribution in [3.8, 4) is 11.5 Å². The first kappa shape index (κ1) is 19.0. The summed E-state index contributed by atoms with van der Waals surface area (Å²) in [7, 11) is -2.78. The standard InChI is InChI=1S/C17H14O8S/c1-10(18)24-17(15(26(22)23)11-5-3-2-4-6-11)25-12-7-8-13(16(20)21)14(19)9-12/h2-9,17,19H,1H3,(H,20,21). The topological polar surface area (TPSA) is 127 Å². The second-order valence-electron chi connectivity index (χ2n) is 5.01. The Labute approximate surface area is 149 Å². The highest BCUT2D eigenvalue weighted by Gasteiger charge is 2.25. The SMILES string of the molecule is CC(=O)OC(Oc1ccc(C(=O)O)c(O)c1)C(c1ccccc1)=S(=O)=O. The molecular formula is C17H14O8S. The van der Waals surface area contributed by atoms with Crippen LogP contribution in [0.15, 0.2) is 48.5 Å². The van der Waals surface area contributed by atoms with Crippen molar-refractivity contribution < 1.29 is 37.7 Å². The third kappa shape index (κ3) is 4.61. The number of carbonyl (C=O) groups excluding carboxylic acids is 1. The van der Waals surface area contributed by atoms with Crippen molar-refractivity contribution in [2.24, 2.45) is 0 Å². The smallest absolute Gasteiger partial charge is 0.339 e. The Kier molecular flexibility index (Phi) is 5.97. The lowest BCUT2D eigenvalue weighted by molar-refractivity contribution is -0.152. The first-order valence-electron chi connectivity index (χ1n) is 7.21. The summed E-state index contributed by atoms with van der Waals surface area (Å²) in [6, 6.07) is 11.1. The van der Waals surface area contributed by atoms with Gasteiger partial charge >= 0.3 is 11.9 Å². The number of hydrogen-bond donors (Lipinski definition) is 2. The molecular weight excluding hydrogens is 364 g/mol. The van der Waals surface area contributed by atoms with Gasteiger partial charge in [-0.05, 0) is 12.1 Å². The molecule has 0 aliphatic heterocycles. The van der Waals surface area contributed by atoms with Crippen LogP contribution in [0.2, 0.25) is 0 Å². The molecule has 2 N–H and O–H groups in total. The van der Waals surface area contributed by atoms with E-state index >= 15 is 0 Å². The van der Waals surface area contributed by atoms with Crippen molar-refractivity contribution in [3.63, 3.8) is 0 Å². The molecule has 2 aromatic rings. The second-order valence-corrected chi connectivity index (χ2v) is 5.92. The number of carboxylic acid groups (broad SMARTS) is 1. The lowest BCUT2D eigenvalue weighted by Gasteiger charge is -2.19. The molecule has 0 radical (unpaired) electrons. The van der Waals surface area contributed by atoms with Crippen LogP contribution in [-0.2, 0) is 19.8 Å². The predicted molar refractivity (Wildman–Crippen MR) is 90.7 cm³/mol. The van der Waals surface area contributed by atoms with Gasteiger partial charge in [-0.15, -0.1) is 0 Å². The molecule has 0 heterocycles. The minimum Gasteiger partial charge on any atom is -0.507 e. The Bertz CT molecular complexity index is 956. The number of carboxylic acids is 1. The van der Waals surface area contributed by atoms with Crippen LogP contribution in [-0.4, -0.2) is 41.7 Å². The van der Waals surface area contributed by atoms with Crippen LogP contribution in [0.25, 0.3) is 0 Å². The van der Waals surface area contributed by atoms with Gasteiger partial charge in [0, 0.05) is 18.6 Å². The van der Waals surface area contributed by atoms with Crippen LogP contribution in [0, 0.1) is 0 Å². The monoisotopic (exact) mass is 378 g/mol. The first-order valence-corrected chi connectivity index (χ1v) is 8.28. The second kappa shape index (κ2) is 8.17. The minimum atomic E-state index is -2.78. The average molecular weight is 378 g/mol.